The predicted molar refractivity (Wildman–Crippen MR) is 72.9 cm³/mol. The van der Waals surface area contributed by atoms with Gasteiger partial charge in [-0.1, -0.05) is 26.8 Å². The molecule has 2 N–H and O–H groups in total. The Kier molecular flexibility index (Phi) is 3.51. The highest BCUT2D eigenvalue weighted by Crippen LogP contribution is 2.30. The normalized spacial score (nSPS) is 13.6. The number of benzene rings is 1. The van der Waals surface area contributed by atoms with Crippen LogP contribution < -0.4 is 10.6 Å². The summed E-state index contributed by atoms with van der Waals surface area (Å²) in [5, 5.41) is 0. The summed E-state index contributed by atoms with van der Waals surface area (Å²) in [5.41, 5.74) is 9.43. The molecule has 0 bridgehead atoms. The minimum absolute atomic E-state index is 0.256. The topological polar surface area (TPSA) is 29.3 Å². The van der Waals surface area contributed by atoms with Crippen molar-refractivity contribution in [1.82, 2.24) is 0 Å². The van der Waals surface area contributed by atoms with Crippen molar-refractivity contribution in [2.45, 2.75) is 40.7 Å². The zero-order valence-electron chi connectivity index (χ0n) is 11.3. The summed E-state index contributed by atoms with van der Waals surface area (Å²) in [6.45, 7) is 11.2. The van der Waals surface area contributed by atoms with E-state index in [0.29, 0.717) is 6.04 Å². The Bertz CT molecular complexity index is 363. The van der Waals surface area contributed by atoms with Gasteiger partial charge in [-0.3, -0.25) is 0 Å². The van der Waals surface area contributed by atoms with E-state index in [2.05, 4.69) is 58.7 Å². The molecular weight excluding hydrogens is 196 g/mol. The maximum atomic E-state index is 5.85. The van der Waals surface area contributed by atoms with Crippen molar-refractivity contribution in [1.29, 1.82) is 0 Å². The largest absolute Gasteiger partial charge is 0.399 e. The van der Waals surface area contributed by atoms with Gasteiger partial charge in [0.1, 0.15) is 0 Å². The molecule has 0 aromatic heterocycles. The van der Waals surface area contributed by atoms with Crippen LogP contribution in [-0.2, 0) is 0 Å². The van der Waals surface area contributed by atoms with E-state index in [4.69, 9.17) is 5.73 Å². The Morgan fingerprint density at radius 1 is 1.25 bits per heavy atom. The summed E-state index contributed by atoms with van der Waals surface area (Å²) in [4.78, 5) is 2.31. The highest BCUT2D eigenvalue weighted by molar-refractivity contribution is 5.61. The lowest BCUT2D eigenvalue weighted by Gasteiger charge is -2.37. The third kappa shape index (κ3) is 2.69. The van der Waals surface area contributed by atoms with Crippen LogP contribution in [-0.4, -0.2) is 13.1 Å². The van der Waals surface area contributed by atoms with Crippen molar-refractivity contribution >= 4 is 11.4 Å². The van der Waals surface area contributed by atoms with Crippen LogP contribution >= 0.6 is 0 Å². The second-order valence-corrected chi connectivity index (χ2v) is 5.70. The van der Waals surface area contributed by atoms with E-state index in [9.17, 15) is 0 Å². The van der Waals surface area contributed by atoms with Crippen LogP contribution in [0.15, 0.2) is 18.2 Å². The molecule has 1 rings (SSSR count). The van der Waals surface area contributed by atoms with Gasteiger partial charge in [0, 0.05) is 24.5 Å². The summed E-state index contributed by atoms with van der Waals surface area (Å²) in [6.07, 6.45) is 0. The molecule has 16 heavy (non-hydrogen) atoms. The second-order valence-electron chi connectivity index (χ2n) is 5.70. The molecule has 0 aliphatic rings. The van der Waals surface area contributed by atoms with Crippen molar-refractivity contribution in [3.8, 4) is 0 Å². The molecule has 0 aliphatic carbocycles. The fraction of sp³-hybridized carbons (Fsp3) is 0.571. The molecule has 0 radical (unpaired) electrons. The highest BCUT2D eigenvalue weighted by Gasteiger charge is 2.24. The van der Waals surface area contributed by atoms with Gasteiger partial charge >= 0.3 is 0 Å². The maximum Gasteiger partial charge on any atom is 0.0416 e. The molecule has 1 aromatic rings. The molecule has 0 saturated carbocycles. The van der Waals surface area contributed by atoms with Crippen LogP contribution in [0.25, 0.3) is 0 Å². The van der Waals surface area contributed by atoms with Crippen LogP contribution in [0.1, 0.15) is 33.3 Å². The molecule has 1 aromatic carbocycles. The van der Waals surface area contributed by atoms with E-state index in [1.54, 1.807) is 0 Å². The number of anilines is 2. The first-order chi connectivity index (χ1) is 7.23. The van der Waals surface area contributed by atoms with Gasteiger partial charge in [0.15, 0.2) is 0 Å². The molecule has 0 fully saturated rings. The molecular formula is C14H24N2. The molecule has 1 atom stereocenters. The van der Waals surface area contributed by atoms with Crippen molar-refractivity contribution < 1.29 is 0 Å². The SMILES string of the molecule is Cc1ccc(N)cc1N(C)C(C)C(C)(C)C. The van der Waals surface area contributed by atoms with Crippen LogP contribution in [0.2, 0.25) is 0 Å². The molecule has 0 aliphatic heterocycles. The van der Waals surface area contributed by atoms with Gasteiger partial charge in [0.2, 0.25) is 0 Å². The first kappa shape index (κ1) is 12.9. The Morgan fingerprint density at radius 3 is 2.31 bits per heavy atom. The number of nitrogen functional groups attached to an aromatic ring is 1. The lowest BCUT2D eigenvalue weighted by Crippen LogP contribution is -2.39. The van der Waals surface area contributed by atoms with Crippen molar-refractivity contribution in [2.75, 3.05) is 17.7 Å². The van der Waals surface area contributed by atoms with Gasteiger partial charge in [-0.25, -0.2) is 0 Å². The van der Waals surface area contributed by atoms with Gasteiger partial charge < -0.3 is 10.6 Å². The summed E-state index contributed by atoms with van der Waals surface area (Å²) < 4.78 is 0. The van der Waals surface area contributed by atoms with Gasteiger partial charge in [-0.2, -0.15) is 0 Å². The van der Waals surface area contributed by atoms with Gasteiger partial charge in [0.05, 0.1) is 0 Å². The van der Waals surface area contributed by atoms with E-state index in [-0.39, 0.29) is 5.41 Å². The Balaban J connectivity index is 3.05. The molecule has 2 nitrogen and oxygen atoms in total. The zero-order chi connectivity index (χ0) is 12.5. The molecule has 2 heteroatoms. The number of hydrogen-bond acceptors (Lipinski definition) is 2. The highest BCUT2D eigenvalue weighted by atomic mass is 15.1. The van der Waals surface area contributed by atoms with Crippen LogP contribution in [0.3, 0.4) is 0 Å². The molecule has 90 valence electrons. The summed E-state index contributed by atoms with van der Waals surface area (Å²) in [5.74, 6) is 0. The molecule has 0 spiro atoms. The third-order valence-corrected chi connectivity index (χ3v) is 3.45. The zero-order valence-corrected chi connectivity index (χ0v) is 11.3. The fourth-order valence-corrected chi connectivity index (χ4v) is 1.80. The number of nitrogens with two attached hydrogens (primary N) is 1. The summed E-state index contributed by atoms with van der Waals surface area (Å²) in [7, 11) is 2.14. The van der Waals surface area contributed by atoms with Crippen LogP contribution in [0.4, 0.5) is 11.4 Å². The average Bonchev–Trinajstić information content (AvgIpc) is 2.18. The van der Waals surface area contributed by atoms with E-state index in [1.165, 1.54) is 11.3 Å². The minimum atomic E-state index is 0.256. The number of nitrogens with zero attached hydrogens (tertiary/aromatic N) is 1. The predicted octanol–water partition coefficient (Wildman–Crippen LogP) is 3.45. The van der Waals surface area contributed by atoms with E-state index in [1.807, 2.05) is 6.07 Å². The lowest BCUT2D eigenvalue weighted by molar-refractivity contribution is 0.329. The summed E-state index contributed by atoms with van der Waals surface area (Å²) in [6, 6.07) is 6.55. The third-order valence-electron chi connectivity index (χ3n) is 3.45. The van der Waals surface area contributed by atoms with Gasteiger partial charge in [-0.05, 0) is 37.0 Å². The Morgan fingerprint density at radius 2 is 1.81 bits per heavy atom. The molecule has 1 unspecified atom stereocenters. The monoisotopic (exact) mass is 220 g/mol. The number of hydrogen-bond donors (Lipinski definition) is 1. The minimum Gasteiger partial charge on any atom is -0.399 e. The standard InChI is InChI=1S/C14H24N2/c1-10-7-8-12(15)9-13(10)16(6)11(2)14(3,4)5/h7-9,11H,15H2,1-6H3. The van der Waals surface area contributed by atoms with E-state index >= 15 is 0 Å². The fourth-order valence-electron chi connectivity index (χ4n) is 1.80. The maximum absolute atomic E-state index is 5.85. The van der Waals surface area contributed by atoms with Crippen molar-refractivity contribution in [2.24, 2.45) is 5.41 Å². The van der Waals surface area contributed by atoms with Gasteiger partial charge in [-0.15, -0.1) is 0 Å². The van der Waals surface area contributed by atoms with Crippen molar-refractivity contribution in [3.63, 3.8) is 0 Å². The molecule has 0 saturated heterocycles. The summed E-state index contributed by atoms with van der Waals surface area (Å²) >= 11 is 0. The van der Waals surface area contributed by atoms with E-state index in [0.717, 1.165) is 5.69 Å². The van der Waals surface area contributed by atoms with Crippen molar-refractivity contribution in [3.05, 3.63) is 23.8 Å². The first-order valence-corrected chi connectivity index (χ1v) is 5.82. The van der Waals surface area contributed by atoms with E-state index < -0.39 is 0 Å². The molecule has 0 heterocycles. The Hall–Kier alpha value is -1.18. The number of rotatable bonds is 2. The van der Waals surface area contributed by atoms with Crippen LogP contribution in [0, 0.1) is 12.3 Å². The van der Waals surface area contributed by atoms with Gasteiger partial charge in [0.25, 0.3) is 0 Å². The average molecular weight is 220 g/mol. The lowest BCUT2D eigenvalue weighted by atomic mass is 9.86. The molecule has 0 amide bonds. The smallest absolute Gasteiger partial charge is 0.0416 e. The quantitative estimate of drug-likeness (QED) is 0.773. The van der Waals surface area contributed by atoms with Crippen LogP contribution in [0.5, 0.6) is 0 Å². The second kappa shape index (κ2) is 4.36. The Labute approximate surface area is 99.5 Å². The number of aryl methyl sites for hydroxylation is 1. The first-order valence-electron chi connectivity index (χ1n) is 5.82.